The number of hydrogen-bond acceptors (Lipinski definition) is 5. The molecule has 2 aromatic rings. The highest BCUT2D eigenvalue weighted by Gasteiger charge is 2.34. The van der Waals surface area contributed by atoms with E-state index in [1.54, 1.807) is 18.2 Å². The molecule has 1 atom stereocenters. The van der Waals surface area contributed by atoms with Crippen molar-refractivity contribution < 1.29 is 9.59 Å². The van der Waals surface area contributed by atoms with E-state index in [1.807, 2.05) is 12.3 Å². The van der Waals surface area contributed by atoms with Crippen molar-refractivity contribution in [2.75, 3.05) is 16.9 Å². The maximum atomic E-state index is 12.6. The molecule has 0 aliphatic carbocycles. The van der Waals surface area contributed by atoms with Crippen LogP contribution in [0.3, 0.4) is 0 Å². The summed E-state index contributed by atoms with van der Waals surface area (Å²) in [6, 6.07) is 7.22. The maximum absolute atomic E-state index is 12.6. The first-order chi connectivity index (χ1) is 11.5. The van der Waals surface area contributed by atoms with Crippen LogP contribution in [-0.4, -0.2) is 28.0 Å². The average Bonchev–Trinajstić information content (AvgIpc) is 2.53. The molecule has 2 heterocycles. The van der Waals surface area contributed by atoms with Gasteiger partial charge in [-0.05, 0) is 24.5 Å². The molecule has 8 nitrogen and oxygen atoms in total. The number of carbonyl (C=O) groups is 2. The molecule has 0 unspecified atom stereocenters. The Kier molecular flexibility index (Phi) is 4.26. The van der Waals surface area contributed by atoms with Gasteiger partial charge in [-0.1, -0.05) is 6.07 Å². The summed E-state index contributed by atoms with van der Waals surface area (Å²) in [5.41, 5.74) is -0.812. The van der Waals surface area contributed by atoms with Crippen LogP contribution < -0.4 is 21.9 Å². The lowest BCUT2D eigenvalue weighted by Gasteiger charge is -2.23. The summed E-state index contributed by atoms with van der Waals surface area (Å²) in [6.45, 7) is 0. The zero-order chi connectivity index (χ0) is 17.3. The molecule has 0 saturated heterocycles. The van der Waals surface area contributed by atoms with E-state index in [-0.39, 0.29) is 17.8 Å². The number of amides is 2. The van der Waals surface area contributed by atoms with Gasteiger partial charge >= 0.3 is 5.69 Å². The van der Waals surface area contributed by atoms with E-state index in [2.05, 4.69) is 20.6 Å². The number of carbonyl (C=O) groups excluding carboxylic acids is 2. The molecule has 0 spiro atoms. The lowest BCUT2D eigenvalue weighted by atomic mass is 9.92. The zero-order valence-corrected chi connectivity index (χ0v) is 13.5. The Balaban J connectivity index is 1.95. The molecule has 0 saturated carbocycles. The third kappa shape index (κ3) is 3.11. The zero-order valence-electron chi connectivity index (χ0n) is 12.6. The standard InChI is InChI=1S/C15H14N4O4S/c1-24-8-4-2-3-7(5-8)16-13(21)9-6-10(20)17-12-11(9)14(22)19-15(23)18-12/h2-5,9H,6H2,1H3,(H,16,21)(H3,17,18,19,20,22,23)/t9-/m0/s1. The van der Waals surface area contributed by atoms with Gasteiger partial charge in [0.15, 0.2) is 0 Å². The summed E-state index contributed by atoms with van der Waals surface area (Å²) in [7, 11) is 0. The van der Waals surface area contributed by atoms with Crippen molar-refractivity contribution in [3.05, 3.63) is 50.7 Å². The Morgan fingerprint density at radius 2 is 2.04 bits per heavy atom. The quantitative estimate of drug-likeness (QED) is 0.613. The first-order valence-electron chi connectivity index (χ1n) is 7.09. The second-order valence-electron chi connectivity index (χ2n) is 5.22. The van der Waals surface area contributed by atoms with Gasteiger partial charge < -0.3 is 10.6 Å². The van der Waals surface area contributed by atoms with Crippen molar-refractivity contribution in [2.24, 2.45) is 0 Å². The van der Waals surface area contributed by atoms with E-state index in [9.17, 15) is 19.2 Å². The molecule has 4 N–H and O–H groups in total. The van der Waals surface area contributed by atoms with E-state index >= 15 is 0 Å². The number of thioether (sulfide) groups is 1. The minimum Gasteiger partial charge on any atom is -0.326 e. The highest BCUT2D eigenvalue weighted by atomic mass is 32.2. The fourth-order valence-corrected chi connectivity index (χ4v) is 3.02. The number of aromatic amines is 2. The second kappa shape index (κ2) is 6.36. The Labute approximate surface area is 140 Å². The first kappa shape index (κ1) is 16.1. The van der Waals surface area contributed by atoms with Crippen molar-refractivity contribution in [1.29, 1.82) is 0 Å². The number of rotatable bonds is 3. The summed E-state index contributed by atoms with van der Waals surface area (Å²) in [5, 5.41) is 5.12. The van der Waals surface area contributed by atoms with Crippen LogP contribution in [0.25, 0.3) is 0 Å². The number of anilines is 2. The summed E-state index contributed by atoms with van der Waals surface area (Å²) >= 11 is 1.53. The summed E-state index contributed by atoms with van der Waals surface area (Å²) < 4.78 is 0. The second-order valence-corrected chi connectivity index (χ2v) is 6.10. The van der Waals surface area contributed by atoms with Crippen molar-refractivity contribution in [3.8, 4) is 0 Å². The molecule has 124 valence electrons. The van der Waals surface area contributed by atoms with Gasteiger partial charge in [0, 0.05) is 17.0 Å². The Morgan fingerprint density at radius 1 is 1.25 bits per heavy atom. The van der Waals surface area contributed by atoms with Gasteiger partial charge in [0.25, 0.3) is 5.56 Å². The number of aromatic nitrogens is 2. The predicted molar refractivity (Wildman–Crippen MR) is 90.5 cm³/mol. The Hall–Kier alpha value is -2.81. The number of benzene rings is 1. The van der Waals surface area contributed by atoms with Crippen molar-refractivity contribution >= 4 is 35.1 Å². The summed E-state index contributed by atoms with van der Waals surface area (Å²) in [6.07, 6.45) is 1.74. The molecule has 0 bridgehead atoms. The lowest BCUT2D eigenvalue weighted by molar-refractivity contribution is -0.123. The predicted octanol–water partition coefficient (Wildman–Crippen LogP) is 0.850. The number of nitrogens with one attached hydrogen (secondary N) is 4. The highest BCUT2D eigenvalue weighted by Crippen LogP contribution is 2.28. The monoisotopic (exact) mass is 346 g/mol. The van der Waals surface area contributed by atoms with E-state index in [4.69, 9.17) is 0 Å². The van der Waals surface area contributed by atoms with Gasteiger partial charge in [-0.3, -0.25) is 24.4 Å². The number of H-pyrrole nitrogens is 2. The molecule has 2 amide bonds. The van der Waals surface area contributed by atoms with E-state index in [0.29, 0.717) is 5.69 Å². The van der Waals surface area contributed by atoms with Crippen LogP contribution in [0.15, 0.2) is 38.8 Å². The fraction of sp³-hybridized carbons (Fsp3) is 0.200. The smallest absolute Gasteiger partial charge is 0.326 e. The molecule has 1 aliphatic heterocycles. The molecule has 9 heteroatoms. The molecule has 1 aromatic carbocycles. The van der Waals surface area contributed by atoms with Crippen LogP contribution >= 0.6 is 11.8 Å². The van der Waals surface area contributed by atoms with Gasteiger partial charge in [0.2, 0.25) is 11.8 Å². The molecule has 24 heavy (non-hydrogen) atoms. The van der Waals surface area contributed by atoms with Gasteiger partial charge in [-0.15, -0.1) is 11.8 Å². The molecule has 1 aromatic heterocycles. The van der Waals surface area contributed by atoms with Crippen molar-refractivity contribution in [3.63, 3.8) is 0 Å². The van der Waals surface area contributed by atoms with Crippen LogP contribution in [-0.2, 0) is 9.59 Å². The minimum absolute atomic E-state index is 0.0296. The van der Waals surface area contributed by atoms with Crippen molar-refractivity contribution in [2.45, 2.75) is 17.2 Å². The molecule has 0 fully saturated rings. The summed E-state index contributed by atoms with van der Waals surface area (Å²) in [4.78, 5) is 53.1. The minimum atomic E-state index is -0.979. The topological polar surface area (TPSA) is 124 Å². The van der Waals surface area contributed by atoms with E-state index in [0.717, 1.165) is 4.90 Å². The van der Waals surface area contributed by atoms with Crippen LogP contribution in [0, 0.1) is 0 Å². The van der Waals surface area contributed by atoms with Crippen molar-refractivity contribution in [1.82, 2.24) is 9.97 Å². The van der Waals surface area contributed by atoms with Gasteiger partial charge in [-0.25, -0.2) is 4.79 Å². The molecule has 3 rings (SSSR count). The third-order valence-corrected chi connectivity index (χ3v) is 4.36. The Bertz CT molecular complexity index is 934. The normalized spacial score (nSPS) is 16.2. The van der Waals surface area contributed by atoms with Gasteiger partial charge in [0.1, 0.15) is 5.82 Å². The van der Waals surface area contributed by atoms with Gasteiger partial charge in [-0.2, -0.15) is 0 Å². The van der Waals surface area contributed by atoms with Crippen LogP contribution in [0.1, 0.15) is 17.9 Å². The largest absolute Gasteiger partial charge is 0.327 e. The Morgan fingerprint density at radius 3 is 2.79 bits per heavy atom. The van der Waals surface area contributed by atoms with E-state index < -0.39 is 29.0 Å². The van der Waals surface area contributed by atoms with Crippen LogP contribution in [0.5, 0.6) is 0 Å². The molecule has 0 radical (unpaired) electrons. The highest BCUT2D eigenvalue weighted by molar-refractivity contribution is 7.98. The molecular formula is C15H14N4O4S. The van der Waals surface area contributed by atoms with Crippen LogP contribution in [0.4, 0.5) is 11.5 Å². The average molecular weight is 346 g/mol. The lowest BCUT2D eigenvalue weighted by Crippen LogP contribution is -2.39. The maximum Gasteiger partial charge on any atom is 0.327 e. The fourth-order valence-electron chi connectivity index (χ4n) is 2.56. The van der Waals surface area contributed by atoms with Crippen LogP contribution in [0.2, 0.25) is 0 Å². The number of fused-ring (bicyclic) bond motifs is 1. The summed E-state index contributed by atoms with van der Waals surface area (Å²) in [5.74, 6) is -1.94. The number of hydrogen-bond donors (Lipinski definition) is 4. The molecule has 1 aliphatic rings. The SMILES string of the molecule is CSc1cccc(NC(=O)[C@H]2CC(=O)Nc3[nH]c(=O)[nH]c(=O)c32)c1. The van der Waals surface area contributed by atoms with E-state index in [1.165, 1.54) is 11.8 Å². The molecular weight excluding hydrogens is 332 g/mol. The van der Waals surface area contributed by atoms with Gasteiger partial charge in [0.05, 0.1) is 11.5 Å². The third-order valence-electron chi connectivity index (χ3n) is 3.64. The first-order valence-corrected chi connectivity index (χ1v) is 8.31.